The van der Waals surface area contributed by atoms with Crippen molar-refractivity contribution in [1.82, 2.24) is 19.9 Å². The number of rotatable bonds is 2. The molecule has 6 heteroatoms. The van der Waals surface area contributed by atoms with E-state index in [0.717, 1.165) is 32.0 Å². The van der Waals surface area contributed by atoms with E-state index in [1.807, 2.05) is 23.1 Å². The molecular weight excluding hydrogens is 278 g/mol. The van der Waals surface area contributed by atoms with E-state index < -0.39 is 0 Å². The predicted octanol–water partition coefficient (Wildman–Crippen LogP) is 1.55. The maximum absolute atomic E-state index is 12.7. The number of fused-ring (bicyclic) bond motifs is 4. The lowest BCUT2D eigenvalue weighted by Crippen LogP contribution is -2.47. The molecule has 3 saturated heterocycles. The van der Waals surface area contributed by atoms with Gasteiger partial charge in [-0.15, -0.1) is 0 Å². The third-order valence-electron chi connectivity index (χ3n) is 4.64. The van der Waals surface area contributed by atoms with Gasteiger partial charge in [-0.05, 0) is 37.0 Å². The van der Waals surface area contributed by atoms with Gasteiger partial charge in [0.1, 0.15) is 5.69 Å². The van der Waals surface area contributed by atoms with Crippen molar-refractivity contribution >= 4 is 11.9 Å². The number of anilines is 1. The second kappa shape index (κ2) is 5.44. The van der Waals surface area contributed by atoms with Crippen molar-refractivity contribution in [2.45, 2.75) is 18.9 Å². The van der Waals surface area contributed by atoms with Gasteiger partial charge in [0.05, 0.1) is 0 Å². The Labute approximate surface area is 129 Å². The normalized spacial score (nSPS) is 24.4. The van der Waals surface area contributed by atoms with Crippen molar-refractivity contribution in [2.24, 2.45) is 5.92 Å². The number of carbonyl (C=O) groups is 1. The Morgan fingerprint density at radius 2 is 2.00 bits per heavy atom. The van der Waals surface area contributed by atoms with Gasteiger partial charge in [-0.25, -0.2) is 9.97 Å². The Morgan fingerprint density at radius 1 is 1.14 bits per heavy atom. The molecule has 0 aliphatic carbocycles. The van der Waals surface area contributed by atoms with Crippen LogP contribution in [0.3, 0.4) is 0 Å². The molecular formula is C16H19N5O. The first-order valence-electron chi connectivity index (χ1n) is 7.77. The number of hydrogen-bond acceptors (Lipinski definition) is 4. The van der Waals surface area contributed by atoms with Crippen molar-refractivity contribution in [3.63, 3.8) is 0 Å². The van der Waals surface area contributed by atoms with Crippen molar-refractivity contribution in [3.05, 3.63) is 42.5 Å². The number of H-pyrrole nitrogens is 1. The Morgan fingerprint density at radius 3 is 2.77 bits per heavy atom. The maximum atomic E-state index is 12.7. The topological polar surface area (TPSA) is 65.1 Å². The van der Waals surface area contributed by atoms with E-state index in [2.05, 4.69) is 19.9 Å². The molecule has 114 valence electrons. The Hall–Kier alpha value is -2.37. The minimum Gasteiger partial charge on any atom is -0.357 e. The summed E-state index contributed by atoms with van der Waals surface area (Å²) in [7, 11) is 0. The van der Waals surface area contributed by atoms with Gasteiger partial charge in [0.15, 0.2) is 0 Å². The van der Waals surface area contributed by atoms with Crippen molar-refractivity contribution in [3.8, 4) is 0 Å². The summed E-state index contributed by atoms with van der Waals surface area (Å²) < 4.78 is 0. The van der Waals surface area contributed by atoms with Gasteiger partial charge in [-0.1, -0.05) is 0 Å². The van der Waals surface area contributed by atoms with E-state index in [1.54, 1.807) is 18.6 Å². The van der Waals surface area contributed by atoms with E-state index in [1.165, 1.54) is 6.42 Å². The minimum absolute atomic E-state index is 0.107. The van der Waals surface area contributed by atoms with Gasteiger partial charge >= 0.3 is 0 Å². The van der Waals surface area contributed by atoms with E-state index in [-0.39, 0.29) is 11.9 Å². The van der Waals surface area contributed by atoms with Gasteiger partial charge in [0.25, 0.3) is 5.91 Å². The summed E-state index contributed by atoms with van der Waals surface area (Å²) in [5, 5.41) is 0. The number of nitrogens with zero attached hydrogens (tertiary/aromatic N) is 4. The molecule has 2 unspecified atom stereocenters. The monoisotopic (exact) mass is 297 g/mol. The molecule has 3 aliphatic rings. The second-order valence-electron chi connectivity index (χ2n) is 6.09. The molecule has 22 heavy (non-hydrogen) atoms. The molecule has 1 N–H and O–H groups in total. The molecule has 3 fully saturated rings. The van der Waals surface area contributed by atoms with Crippen LogP contribution in [0.2, 0.25) is 0 Å². The van der Waals surface area contributed by atoms with E-state index in [9.17, 15) is 4.79 Å². The van der Waals surface area contributed by atoms with E-state index >= 15 is 0 Å². The van der Waals surface area contributed by atoms with Gasteiger partial charge in [0.2, 0.25) is 5.95 Å². The van der Waals surface area contributed by atoms with Crippen LogP contribution in [0.25, 0.3) is 0 Å². The molecule has 0 saturated carbocycles. The number of aromatic amines is 1. The highest BCUT2D eigenvalue weighted by atomic mass is 16.2. The Balaban J connectivity index is 1.58. The molecule has 0 spiro atoms. The predicted molar refractivity (Wildman–Crippen MR) is 82.6 cm³/mol. The maximum Gasteiger partial charge on any atom is 0.270 e. The third kappa shape index (κ3) is 2.34. The fourth-order valence-electron chi connectivity index (χ4n) is 3.57. The molecule has 2 aromatic rings. The smallest absolute Gasteiger partial charge is 0.270 e. The highest BCUT2D eigenvalue weighted by Crippen LogP contribution is 2.30. The molecule has 2 aromatic heterocycles. The molecule has 2 bridgehead atoms. The molecule has 6 nitrogen and oxygen atoms in total. The van der Waals surface area contributed by atoms with Crippen LogP contribution < -0.4 is 4.90 Å². The number of nitrogens with one attached hydrogen (secondary N) is 1. The van der Waals surface area contributed by atoms with Crippen LogP contribution in [0.5, 0.6) is 0 Å². The number of aromatic nitrogens is 3. The molecule has 5 rings (SSSR count). The summed E-state index contributed by atoms with van der Waals surface area (Å²) >= 11 is 0. The first-order valence-corrected chi connectivity index (χ1v) is 7.77. The summed E-state index contributed by atoms with van der Waals surface area (Å²) in [5.41, 5.74) is 0.676. The van der Waals surface area contributed by atoms with Crippen LogP contribution in [-0.2, 0) is 0 Å². The number of amides is 1. The largest absolute Gasteiger partial charge is 0.357 e. The van der Waals surface area contributed by atoms with Crippen LogP contribution >= 0.6 is 0 Å². The Bertz CT molecular complexity index is 642. The minimum atomic E-state index is 0.107. The average Bonchev–Trinajstić information content (AvgIpc) is 2.95. The summed E-state index contributed by atoms with van der Waals surface area (Å²) in [6.07, 6.45) is 7.57. The van der Waals surface area contributed by atoms with E-state index in [4.69, 9.17) is 0 Å². The van der Waals surface area contributed by atoms with E-state index in [0.29, 0.717) is 11.6 Å². The fourth-order valence-corrected chi connectivity index (χ4v) is 3.57. The van der Waals surface area contributed by atoms with Crippen molar-refractivity contribution in [1.29, 1.82) is 0 Å². The lowest BCUT2D eigenvalue weighted by Gasteiger charge is -2.35. The third-order valence-corrected chi connectivity index (χ3v) is 4.64. The Kier molecular flexibility index (Phi) is 3.29. The molecule has 0 radical (unpaired) electrons. The van der Waals surface area contributed by atoms with Gasteiger partial charge in [-0.3, -0.25) is 4.79 Å². The van der Waals surface area contributed by atoms with Gasteiger partial charge in [-0.2, -0.15) is 0 Å². The summed E-state index contributed by atoms with van der Waals surface area (Å²) in [6.45, 7) is 2.56. The molecule has 1 amide bonds. The molecule has 2 atom stereocenters. The fraction of sp³-hybridized carbons (Fsp3) is 0.438. The van der Waals surface area contributed by atoms with Gasteiger partial charge in [0, 0.05) is 44.3 Å². The number of hydrogen-bond donors (Lipinski definition) is 1. The van der Waals surface area contributed by atoms with Gasteiger partial charge < -0.3 is 14.8 Å². The average molecular weight is 297 g/mol. The van der Waals surface area contributed by atoms with Crippen LogP contribution in [0.1, 0.15) is 23.3 Å². The first-order chi connectivity index (χ1) is 10.8. The van der Waals surface area contributed by atoms with Crippen LogP contribution in [0.15, 0.2) is 36.8 Å². The van der Waals surface area contributed by atoms with Crippen molar-refractivity contribution in [2.75, 3.05) is 24.5 Å². The summed E-state index contributed by atoms with van der Waals surface area (Å²) in [4.78, 5) is 28.7. The zero-order chi connectivity index (χ0) is 14.9. The second-order valence-corrected chi connectivity index (χ2v) is 6.09. The highest BCUT2D eigenvalue weighted by Gasteiger charge is 2.38. The molecule has 5 heterocycles. The van der Waals surface area contributed by atoms with Crippen LogP contribution in [0, 0.1) is 5.92 Å². The SMILES string of the molecule is O=C(c1ccc[nH]1)N1CC2CCC1CN(c1ncccn1)C2. The number of piperidine rings is 1. The van der Waals surface area contributed by atoms with Crippen molar-refractivity contribution < 1.29 is 4.79 Å². The summed E-state index contributed by atoms with van der Waals surface area (Å²) in [5.74, 6) is 1.37. The summed E-state index contributed by atoms with van der Waals surface area (Å²) in [6, 6.07) is 5.78. The lowest BCUT2D eigenvalue weighted by atomic mass is 9.95. The highest BCUT2D eigenvalue weighted by molar-refractivity contribution is 5.92. The van der Waals surface area contributed by atoms with Crippen LogP contribution in [0.4, 0.5) is 5.95 Å². The lowest BCUT2D eigenvalue weighted by molar-refractivity contribution is 0.0586. The first kappa shape index (κ1) is 13.3. The quantitative estimate of drug-likeness (QED) is 0.913. The van der Waals surface area contributed by atoms with Crippen LogP contribution in [-0.4, -0.2) is 51.4 Å². The standard InChI is InChI=1S/C16H19N5O/c22-15(14-3-1-6-17-14)21-10-12-4-5-13(21)11-20(9-12)16-18-7-2-8-19-16/h1-3,6-8,12-13,17H,4-5,9-11H2. The zero-order valence-corrected chi connectivity index (χ0v) is 12.4. The zero-order valence-electron chi connectivity index (χ0n) is 12.4. The molecule has 0 aromatic carbocycles. The molecule has 3 aliphatic heterocycles. The number of carbonyl (C=O) groups excluding carboxylic acids is 1.